The lowest BCUT2D eigenvalue weighted by atomic mass is 9.85. The molecule has 1 atom stereocenters. The van der Waals surface area contributed by atoms with Gasteiger partial charge < -0.3 is 9.30 Å². The number of carbonyl (C=O) groups excluding carboxylic acids is 1. The van der Waals surface area contributed by atoms with Crippen LogP contribution >= 0.6 is 0 Å². The first kappa shape index (κ1) is 20.3. The number of imidazole rings is 1. The van der Waals surface area contributed by atoms with Gasteiger partial charge in [0.15, 0.2) is 5.78 Å². The summed E-state index contributed by atoms with van der Waals surface area (Å²) >= 11 is 0. The lowest BCUT2D eigenvalue weighted by molar-refractivity contribution is 0.0972. The molecule has 1 unspecified atom stereocenters. The number of benzene rings is 3. The van der Waals surface area contributed by atoms with E-state index in [0.29, 0.717) is 13.0 Å². The van der Waals surface area contributed by atoms with E-state index in [9.17, 15) is 4.79 Å². The van der Waals surface area contributed by atoms with Crippen molar-refractivity contribution in [2.24, 2.45) is 0 Å². The van der Waals surface area contributed by atoms with E-state index in [4.69, 9.17) is 4.74 Å². The lowest BCUT2D eigenvalue weighted by Crippen LogP contribution is -2.18. The van der Waals surface area contributed by atoms with Gasteiger partial charge in [-0.15, -0.1) is 0 Å². The summed E-state index contributed by atoms with van der Waals surface area (Å²) in [4.78, 5) is 16.8. The van der Waals surface area contributed by atoms with E-state index in [1.165, 1.54) is 5.56 Å². The zero-order valence-electron chi connectivity index (χ0n) is 18.0. The Morgan fingerprint density at radius 3 is 2.47 bits per heavy atom. The molecule has 1 aliphatic rings. The molecule has 4 nitrogen and oxygen atoms in total. The first-order valence-corrected chi connectivity index (χ1v) is 11.2. The molecule has 0 N–H and O–H groups in total. The second-order valence-electron chi connectivity index (χ2n) is 8.28. The van der Waals surface area contributed by atoms with Crippen molar-refractivity contribution in [1.29, 1.82) is 0 Å². The van der Waals surface area contributed by atoms with Crippen LogP contribution in [-0.2, 0) is 19.4 Å². The van der Waals surface area contributed by atoms with Crippen LogP contribution < -0.4 is 4.74 Å². The molecule has 1 heterocycles. The maximum atomic E-state index is 12.6. The van der Waals surface area contributed by atoms with Crippen LogP contribution in [-0.4, -0.2) is 15.3 Å². The van der Waals surface area contributed by atoms with Crippen LogP contribution in [0.2, 0.25) is 0 Å². The van der Waals surface area contributed by atoms with Crippen molar-refractivity contribution in [3.05, 3.63) is 119 Å². The van der Waals surface area contributed by atoms with Gasteiger partial charge in [-0.2, -0.15) is 0 Å². The van der Waals surface area contributed by atoms with Crippen LogP contribution in [0.4, 0.5) is 0 Å². The molecule has 0 aliphatic heterocycles. The van der Waals surface area contributed by atoms with E-state index < -0.39 is 0 Å². The second-order valence-corrected chi connectivity index (χ2v) is 8.28. The van der Waals surface area contributed by atoms with Gasteiger partial charge in [0.2, 0.25) is 0 Å². The maximum absolute atomic E-state index is 12.6. The number of Topliss-reactive ketones (excluding diaryl/α,β-unsaturated/α-hetero) is 1. The van der Waals surface area contributed by atoms with Crippen molar-refractivity contribution in [3.8, 4) is 5.75 Å². The Hall–Kier alpha value is -3.66. The molecule has 0 saturated carbocycles. The number of ketones is 1. The van der Waals surface area contributed by atoms with Gasteiger partial charge in [-0.05, 0) is 41.7 Å². The molecule has 5 rings (SSSR count). The summed E-state index contributed by atoms with van der Waals surface area (Å²) < 4.78 is 8.76. The summed E-state index contributed by atoms with van der Waals surface area (Å²) in [6.45, 7) is 0.658. The molecule has 0 saturated heterocycles. The fraction of sp³-hybridized carbons (Fsp3) is 0.214. The molecule has 1 aromatic heterocycles. The Kier molecular flexibility index (Phi) is 5.84. The molecule has 4 aromatic rings. The smallest absolute Gasteiger partial charge is 0.163 e. The predicted octanol–water partition coefficient (Wildman–Crippen LogP) is 5.81. The van der Waals surface area contributed by atoms with Crippen LogP contribution in [0.5, 0.6) is 5.75 Å². The fourth-order valence-corrected chi connectivity index (χ4v) is 4.50. The summed E-state index contributed by atoms with van der Waals surface area (Å²) in [6, 6.07) is 24.6. The van der Waals surface area contributed by atoms with Crippen LogP contribution in [0.1, 0.15) is 51.6 Å². The van der Waals surface area contributed by atoms with Gasteiger partial charge in [-0.1, -0.05) is 60.7 Å². The van der Waals surface area contributed by atoms with Gasteiger partial charge in [-0.3, -0.25) is 4.79 Å². The average molecular weight is 423 g/mol. The number of ether oxygens (including phenoxy) is 1. The highest BCUT2D eigenvalue weighted by atomic mass is 16.5. The van der Waals surface area contributed by atoms with Crippen molar-refractivity contribution < 1.29 is 9.53 Å². The van der Waals surface area contributed by atoms with Gasteiger partial charge in [0.25, 0.3) is 0 Å². The van der Waals surface area contributed by atoms with Gasteiger partial charge in [0.1, 0.15) is 11.9 Å². The van der Waals surface area contributed by atoms with Crippen LogP contribution in [0.15, 0.2) is 91.5 Å². The first-order valence-electron chi connectivity index (χ1n) is 11.2. The van der Waals surface area contributed by atoms with E-state index in [2.05, 4.69) is 41.4 Å². The molecule has 1 aliphatic carbocycles. The quantitative estimate of drug-likeness (QED) is 0.377. The third kappa shape index (κ3) is 4.35. The number of carbonyl (C=O) groups is 1. The molecule has 0 bridgehead atoms. The van der Waals surface area contributed by atoms with Crippen molar-refractivity contribution in [2.45, 2.75) is 38.3 Å². The number of nitrogens with zero attached hydrogens (tertiary/aromatic N) is 2. The number of fused-ring (bicyclic) bond motifs is 1. The molecule has 0 fully saturated rings. The maximum Gasteiger partial charge on any atom is 0.163 e. The number of hydrogen-bond acceptors (Lipinski definition) is 3. The number of aromatic nitrogens is 2. The summed E-state index contributed by atoms with van der Waals surface area (Å²) in [5, 5.41) is 0. The zero-order chi connectivity index (χ0) is 21.8. The van der Waals surface area contributed by atoms with Crippen LogP contribution in [0.3, 0.4) is 0 Å². The second kappa shape index (κ2) is 9.23. The van der Waals surface area contributed by atoms with E-state index in [1.807, 2.05) is 53.5 Å². The monoisotopic (exact) mass is 422 g/mol. The van der Waals surface area contributed by atoms with E-state index >= 15 is 0 Å². The molecule has 4 heteroatoms. The minimum atomic E-state index is -0.169. The third-order valence-corrected chi connectivity index (χ3v) is 6.12. The normalized spacial score (nSPS) is 14.1. The molecule has 160 valence electrons. The Morgan fingerprint density at radius 1 is 0.938 bits per heavy atom. The van der Waals surface area contributed by atoms with Crippen LogP contribution in [0.25, 0.3) is 0 Å². The Balaban J connectivity index is 1.55. The Morgan fingerprint density at radius 2 is 1.72 bits per heavy atom. The molecule has 3 aromatic carbocycles. The molecular weight excluding hydrogens is 396 g/mol. The van der Waals surface area contributed by atoms with Crippen molar-refractivity contribution >= 4 is 5.78 Å². The highest BCUT2D eigenvalue weighted by molar-refractivity contribution is 5.99. The number of hydrogen-bond donors (Lipinski definition) is 0. The van der Waals surface area contributed by atoms with Crippen molar-refractivity contribution in [1.82, 2.24) is 9.55 Å². The summed E-state index contributed by atoms with van der Waals surface area (Å²) in [5.41, 5.74) is 5.47. The largest absolute Gasteiger partial charge is 0.484 e. The average Bonchev–Trinajstić information content (AvgIpc) is 3.35. The topological polar surface area (TPSA) is 44.1 Å². The predicted molar refractivity (Wildman–Crippen MR) is 125 cm³/mol. The minimum absolute atomic E-state index is 0.169. The Labute approximate surface area is 188 Å². The molecule has 0 spiro atoms. The molecular formula is C28H26N2O2. The SMILES string of the molecule is O=C1CCCc2c1ccc(OC(Cn1ccnc1)c1ccccc1)c2Cc1ccccc1. The van der Waals surface area contributed by atoms with Gasteiger partial charge in [0, 0.05) is 36.4 Å². The minimum Gasteiger partial charge on any atom is -0.484 e. The van der Waals surface area contributed by atoms with Gasteiger partial charge in [-0.25, -0.2) is 4.98 Å². The van der Waals surface area contributed by atoms with Gasteiger partial charge in [0.05, 0.1) is 12.9 Å². The van der Waals surface area contributed by atoms with Crippen molar-refractivity contribution in [2.75, 3.05) is 0 Å². The van der Waals surface area contributed by atoms with Crippen LogP contribution in [0, 0.1) is 0 Å². The zero-order valence-corrected chi connectivity index (χ0v) is 18.0. The van der Waals surface area contributed by atoms with Crippen molar-refractivity contribution in [3.63, 3.8) is 0 Å². The van der Waals surface area contributed by atoms with E-state index in [1.54, 1.807) is 6.20 Å². The molecule has 0 radical (unpaired) electrons. The highest BCUT2D eigenvalue weighted by Gasteiger charge is 2.24. The molecule has 32 heavy (non-hydrogen) atoms. The van der Waals surface area contributed by atoms with E-state index in [0.717, 1.165) is 47.3 Å². The Bertz CT molecular complexity index is 1190. The third-order valence-electron chi connectivity index (χ3n) is 6.12. The lowest BCUT2D eigenvalue weighted by Gasteiger charge is -2.26. The summed E-state index contributed by atoms with van der Waals surface area (Å²) in [6.07, 6.45) is 8.58. The summed E-state index contributed by atoms with van der Waals surface area (Å²) in [7, 11) is 0. The van der Waals surface area contributed by atoms with E-state index in [-0.39, 0.29) is 11.9 Å². The first-order chi connectivity index (χ1) is 15.8. The van der Waals surface area contributed by atoms with Gasteiger partial charge >= 0.3 is 0 Å². The summed E-state index contributed by atoms with van der Waals surface area (Å²) in [5.74, 6) is 1.10. The number of rotatable bonds is 7. The molecule has 0 amide bonds. The fourth-order valence-electron chi connectivity index (χ4n) is 4.50. The standard InChI is InChI=1S/C28H26N2O2/c31-26-13-7-12-23-24(26)14-15-27(25(23)18-21-8-3-1-4-9-21)32-28(19-30-17-16-29-20-30)22-10-5-2-6-11-22/h1-6,8-11,14-17,20,28H,7,12-13,18-19H2. The highest BCUT2D eigenvalue weighted by Crippen LogP contribution is 2.35.